The normalized spacial score (nSPS) is 28.6. The van der Waals surface area contributed by atoms with E-state index in [1.54, 1.807) is 37.8 Å². The summed E-state index contributed by atoms with van der Waals surface area (Å²) < 4.78 is 26.0. The molecule has 3 saturated heterocycles. The van der Waals surface area contributed by atoms with E-state index in [9.17, 15) is 14.9 Å². The predicted molar refractivity (Wildman–Crippen MR) is 134 cm³/mol. The Kier molecular flexibility index (Phi) is 7.16. The molecule has 1 N–H and O–H groups in total. The van der Waals surface area contributed by atoms with Gasteiger partial charge < -0.3 is 14.8 Å². The molecule has 4 aliphatic rings. The van der Waals surface area contributed by atoms with E-state index >= 15 is 4.39 Å². The van der Waals surface area contributed by atoms with Gasteiger partial charge in [-0.2, -0.15) is 5.26 Å². The zero-order valence-corrected chi connectivity index (χ0v) is 21.9. The van der Waals surface area contributed by atoms with Crippen LogP contribution in [0.5, 0.6) is 0 Å². The lowest BCUT2D eigenvalue weighted by molar-refractivity contribution is -0.128. The van der Waals surface area contributed by atoms with Gasteiger partial charge in [-0.15, -0.1) is 0 Å². The minimum atomic E-state index is -0.895. The number of likely N-dealkylation sites (tertiary alicyclic amines) is 2. The van der Waals surface area contributed by atoms with Crippen molar-refractivity contribution in [3.8, 4) is 6.07 Å². The number of hydrogen-bond acceptors (Lipinski definition) is 6. The van der Waals surface area contributed by atoms with Crippen LogP contribution in [-0.2, 0) is 20.7 Å². The van der Waals surface area contributed by atoms with Crippen molar-refractivity contribution in [1.29, 1.82) is 5.26 Å². The molecule has 5 rings (SSSR count). The second kappa shape index (κ2) is 10.2. The summed E-state index contributed by atoms with van der Waals surface area (Å²) in [5, 5.41) is 12.5. The maximum absolute atomic E-state index is 15.1. The molecule has 4 unspecified atom stereocenters. The van der Waals surface area contributed by atoms with Gasteiger partial charge in [0.2, 0.25) is 5.91 Å². The Balaban J connectivity index is 1.21. The van der Waals surface area contributed by atoms with E-state index in [2.05, 4.69) is 16.3 Å². The van der Waals surface area contributed by atoms with Crippen LogP contribution >= 0.6 is 0 Å². The first-order chi connectivity index (χ1) is 17.6. The van der Waals surface area contributed by atoms with Gasteiger partial charge in [0.15, 0.2) is 0 Å². The molecule has 4 fully saturated rings. The molecule has 2 amide bonds. The fourth-order valence-electron chi connectivity index (χ4n) is 6.32. The Hall–Kier alpha value is -2.70. The molecule has 0 aromatic heterocycles. The van der Waals surface area contributed by atoms with Crippen molar-refractivity contribution in [2.24, 2.45) is 5.92 Å². The van der Waals surface area contributed by atoms with E-state index < -0.39 is 23.8 Å². The average Bonchev–Trinajstić information content (AvgIpc) is 3.53. The van der Waals surface area contributed by atoms with Crippen molar-refractivity contribution in [3.05, 3.63) is 35.1 Å². The van der Waals surface area contributed by atoms with Crippen LogP contribution in [0.3, 0.4) is 0 Å². The summed E-state index contributed by atoms with van der Waals surface area (Å²) in [6.07, 6.45) is 3.03. The Morgan fingerprint density at radius 3 is 2.68 bits per heavy atom. The number of piperidine rings is 1. The first kappa shape index (κ1) is 25.9. The number of carbonyl (C=O) groups is 2. The van der Waals surface area contributed by atoms with E-state index in [1.165, 1.54) is 0 Å². The summed E-state index contributed by atoms with van der Waals surface area (Å²) in [6.45, 7) is 8.84. The van der Waals surface area contributed by atoms with Gasteiger partial charge in [-0.05, 0) is 82.0 Å². The van der Waals surface area contributed by atoms with Crippen LogP contribution < -0.4 is 5.32 Å². The monoisotopic (exact) mass is 512 g/mol. The largest absolute Gasteiger partial charge is 0.444 e. The zero-order valence-electron chi connectivity index (χ0n) is 21.9. The summed E-state index contributed by atoms with van der Waals surface area (Å²) in [4.78, 5) is 30.1. The summed E-state index contributed by atoms with van der Waals surface area (Å²) in [5.74, 6) is -0.391. The number of amides is 2. The van der Waals surface area contributed by atoms with E-state index in [1.807, 2.05) is 6.07 Å². The summed E-state index contributed by atoms with van der Waals surface area (Å²) in [6, 6.07) is 6.27. The Morgan fingerprint density at radius 2 is 2.03 bits per heavy atom. The van der Waals surface area contributed by atoms with Crippen molar-refractivity contribution in [2.75, 3.05) is 26.3 Å². The lowest BCUT2D eigenvalue weighted by Crippen LogP contribution is -2.55. The number of fused-ring (bicyclic) bond motifs is 2. The zero-order chi connectivity index (χ0) is 26.3. The Bertz CT molecular complexity index is 1080. The summed E-state index contributed by atoms with van der Waals surface area (Å²) >= 11 is 0. The number of nitrogens with one attached hydrogen (secondary N) is 1. The van der Waals surface area contributed by atoms with Gasteiger partial charge >= 0.3 is 6.09 Å². The number of nitrogens with zero attached hydrogens (tertiary/aromatic N) is 3. The summed E-state index contributed by atoms with van der Waals surface area (Å²) in [5.41, 5.74) is 0.701. The summed E-state index contributed by atoms with van der Waals surface area (Å²) in [7, 11) is 0. The molecule has 0 radical (unpaired) electrons. The number of ether oxygens (including phenoxy) is 2. The molecule has 5 atom stereocenters. The first-order valence-electron chi connectivity index (χ1n) is 13.4. The van der Waals surface area contributed by atoms with Crippen molar-refractivity contribution in [1.82, 2.24) is 15.1 Å². The van der Waals surface area contributed by atoms with Gasteiger partial charge in [-0.3, -0.25) is 14.6 Å². The average molecular weight is 513 g/mol. The molecule has 1 aromatic carbocycles. The topological polar surface area (TPSA) is 94.9 Å². The third-order valence-corrected chi connectivity index (χ3v) is 8.26. The lowest BCUT2D eigenvalue weighted by atomic mass is 9.95. The number of rotatable bonds is 6. The van der Waals surface area contributed by atoms with Crippen LogP contribution in [0.1, 0.15) is 63.5 Å². The van der Waals surface area contributed by atoms with E-state index in [-0.39, 0.29) is 36.0 Å². The molecule has 37 heavy (non-hydrogen) atoms. The number of carbonyl (C=O) groups excluding carboxylic acids is 2. The molecule has 0 spiro atoms. The minimum Gasteiger partial charge on any atom is -0.444 e. The third kappa shape index (κ3) is 5.46. The highest BCUT2D eigenvalue weighted by Crippen LogP contribution is 2.43. The highest BCUT2D eigenvalue weighted by molar-refractivity contribution is 5.87. The van der Waals surface area contributed by atoms with Crippen molar-refractivity contribution >= 4 is 12.0 Å². The van der Waals surface area contributed by atoms with Gasteiger partial charge in [0.25, 0.3) is 0 Å². The minimum absolute atomic E-state index is 0.0237. The highest BCUT2D eigenvalue weighted by atomic mass is 19.1. The van der Waals surface area contributed by atoms with Gasteiger partial charge in [-0.1, -0.05) is 12.1 Å². The van der Waals surface area contributed by atoms with Crippen LogP contribution in [0.25, 0.3) is 0 Å². The molecule has 200 valence electrons. The number of benzene rings is 1. The van der Waals surface area contributed by atoms with Crippen LogP contribution in [0.15, 0.2) is 18.2 Å². The van der Waals surface area contributed by atoms with Crippen LogP contribution in [0.4, 0.5) is 9.18 Å². The second-order valence-corrected chi connectivity index (χ2v) is 12.0. The molecule has 1 aromatic rings. The van der Waals surface area contributed by atoms with E-state index in [0.29, 0.717) is 11.6 Å². The molecule has 9 heteroatoms. The number of halogens is 1. The molecule has 3 aliphatic heterocycles. The van der Waals surface area contributed by atoms with Crippen LogP contribution in [0.2, 0.25) is 0 Å². The third-order valence-electron chi connectivity index (χ3n) is 8.26. The first-order valence-corrected chi connectivity index (χ1v) is 13.4. The fourth-order valence-corrected chi connectivity index (χ4v) is 6.32. The predicted octanol–water partition coefficient (Wildman–Crippen LogP) is 3.35. The van der Waals surface area contributed by atoms with E-state index in [4.69, 9.17) is 9.47 Å². The van der Waals surface area contributed by atoms with Gasteiger partial charge in [-0.25, -0.2) is 9.18 Å². The van der Waals surface area contributed by atoms with Crippen LogP contribution in [0, 0.1) is 23.1 Å². The van der Waals surface area contributed by atoms with Crippen LogP contribution in [-0.4, -0.2) is 77.9 Å². The SMILES string of the molecule is CC(C)(C)OC(=O)N1C2CCC(C2)C1C(=O)N[C@H](C#N)Cc1ccc(C2CCN(C3COC3)C2)cc1F. The smallest absolute Gasteiger partial charge is 0.411 e. The molecule has 2 bridgehead atoms. The molecule has 8 nitrogen and oxygen atoms in total. The Labute approximate surface area is 218 Å². The van der Waals surface area contributed by atoms with Crippen molar-refractivity contribution < 1.29 is 23.5 Å². The maximum Gasteiger partial charge on any atom is 0.411 e. The van der Waals surface area contributed by atoms with E-state index in [0.717, 1.165) is 57.6 Å². The van der Waals surface area contributed by atoms with Gasteiger partial charge in [0.05, 0.1) is 25.3 Å². The molecule has 3 heterocycles. The molecular formula is C28H37FN4O4. The lowest BCUT2D eigenvalue weighted by Gasteiger charge is -2.35. The molecule has 1 saturated carbocycles. The van der Waals surface area contributed by atoms with Gasteiger partial charge in [0.1, 0.15) is 23.5 Å². The standard InChI is InChI=1S/C28H37FN4O4/c1-28(2,3)37-27(35)33-22-7-6-19(11-22)25(33)26(34)31-21(13-30)10-18-5-4-17(12-24(18)29)20-8-9-32(14-20)23-15-36-16-23/h4-5,12,19-23,25H,6-11,14-16H2,1-3H3,(H,31,34)/t19?,20?,21-,22?,25?/m0/s1. The number of hydrogen-bond donors (Lipinski definition) is 1. The van der Waals surface area contributed by atoms with Crippen molar-refractivity contribution in [3.63, 3.8) is 0 Å². The quantitative estimate of drug-likeness (QED) is 0.628. The number of nitriles is 1. The Morgan fingerprint density at radius 1 is 1.24 bits per heavy atom. The molecular weight excluding hydrogens is 475 g/mol. The van der Waals surface area contributed by atoms with Gasteiger partial charge in [0, 0.05) is 19.0 Å². The second-order valence-electron chi connectivity index (χ2n) is 12.0. The molecule has 1 aliphatic carbocycles. The van der Waals surface area contributed by atoms with Crippen molar-refractivity contribution in [2.45, 2.75) is 88.6 Å². The maximum atomic E-state index is 15.1. The highest BCUT2D eigenvalue weighted by Gasteiger charge is 2.52. The fraction of sp³-hybridized carbons (Fsp3) is 0.679.